The smallest absolute Gasteiger partial charge is 0.416 e. The van der Waals surface area contributed by atoms with Crippen LogP contribution in [-0.4, -0.2) is 49.6 Å². The maximum Gasteiger partial charge on any atom is 0.416 e. The van der Waals surface area contributed by atoms with Crippen LogP contribution in [0.2, 0.25) is 0 Å². The van der Waals surface area contributed by atoms with E-state index in [1.165, 1.54) is 24.5 Å². The summed E-state index contributed by atoms with van der Waals surface area (Å²) in [5.74, 6) is -0.283. The maximum atomic E-state index is 12.8. The third kappa shape index (κ3) is 4.26. The number of hydrogen-bond acceptors (Lipinski definition) is 6. The monoisotopic (exact) mass is 426 g/mol. The largest absolute Gasteiger partial charge is 0.459 e. The highest BCUT2D eigenvalue weighted by molar-refractivity contribution is 5.91. The van der Waals surface area contributed by atoms with E-state index in [0.29, 0.717) is 0 Å². The Labute approximate surface area is 168 Å². The molecule has 2 amide bonds. The standard InChI is InChI=1S/C19H17F3N2O6/c20-19(21,22)10-3-1-4-11(7-10)23-18(26)30-14-9-29-15-12(8-28-16(14)15)24-17(25)13-5-2-6-27-13/h1-7,12,14-16H,8-9H2,(H,23,26)(H,24,25). The lowest BCUT2D eigenvalue weighted by molar-refractivity contribution is -0.137. The molecule has 4 unspecified atom stereocenters. The van der Waals surface area contributed by atoms with Gasteiger partial charge in [-0.1, -0.05) is 6.07 Å². The summed E-state index contributed by atoms with van der Waals surface area (Å²) >= 11 is 0. The molecule has 3 heterocycles. The van der Waals surface area contributed by atoms with E-state index in [2.05, 4.69) is 10.6 Å². The third-order valence-electron chi connectivity index (χ3n) is 4.76. The molecule has 160 valence electrons. The molecule has 11 heteroatoms. The molecule has 30 heavy (non-hydrogen) atoms. The topological polar surface area (TPSA) is 99.0 Å². The molecule has 0 aliphatic carbocycles. The lowest BCUT2D eigenvalue weighted by atomic mass is 10.1. The quantitative estimate of drug-likeness (QED) is 0.780. The Morgan fingerprint density at radius 3 is 2.60 bits per heavy atom. The van der Waals surface area contributed by atoms with E-state index in [9.17, 15) is 22.8 Å². The van der Waals surface area contributed by atoms with Crippen molar-refractivity contribution in [1.29, 1.82) is 0 Å². The summed E-state index contributed by atoms with van der Waals surface area (Å²) in [7, 11) is 0. The second kappa shape index (κ2) is 8.00. The van der Waals surface area contributed by atoms with E-state index in [0.717, 1.165) is 12.1 Å². The van der Waals surface area contributed by atoms with Crippen molar-refractivity contribution in [3.63, 3.8) is 0 Å². The van der Waals surface area contributed by atoms with Gasteiger partial charge < -0.3 is 23.9 Å². The summed E-state index contributed by atoms with van der Waals surface area (Å²) in [6, 6.07) is 6.84. The molecule has 4 atom stereocenters. The summed E-state index contributed by atoms with van der Waals surface area (Å²) in [5.41, 5.74) is -0.944. The first-order valence-electron chi connectivity index (χ1n) is 9.04. The van der Waals surface area contributed by atoms with Crippen LogP contribution >= 0.6 is 0 Å². The normalized spacial score (nSPS) is 25.6. The number of furan rings is 1. The predicted molar refractivity (Wildman–Crippen MR) is 94.8 cm³/mol. The molecule has 2 aromatic rings. The zero-order valence-electron chi connectivity index (χ0n) is 15.3. The number of nitrogens with one attached hydrogen (secondary N) is 2. The molecule has 2 aliphatic heterocycles. The van der Waals surface area contributed by atoms with Crippen LogP contribution in [0.3, 0.4) is 0 Å². The average molecular weight is 426 g/mol. The number of benzene rings is 1. The Bertz CT molecular complexity index is 917. The molecule has 0 bridgehead atoms. The Morgan fingerprint density at radius 2 is 1.87 bits per heavy atom. The molecular weight excluding hydrogens is 409 g/mol. The predicted octanol–water partition coefficient (Wildman–Crippen LogP) is 2.81. The van der Waals surface area contributed by atoms with Gasteiger partial charge in [-0.15, -0.1) is 0 Å². The minimum absolute atomic E-state index is 0.0263. The summed E-state index contributed by atoms with van der Waals surface area (Å²) in [4.78, 5) is 24.2. The number of ether oxygens (including phenoxy) is 3. The fourth-order valence-electron chi connectivity index (χ4n) is 3.39. The van der Waals surface area contributed by atoms with Crippen molar-refractivity contribution < 1.29 is 41.4 Å². The van der Waals surface area contributed by atoms with Gasteiger partial charge in [-0.3, -0.25) is 10.1 Å². The average Bonchev–Trinajstić information content (AvgIpc) is 3.42. The first kappa shape index (κ1) is 20.2. The second-order valence-corrected chi connectivity index (χ2v) is 6.80. The van der Waals surface area contributed by atoms with Crippen molar-refractivity contribution >= 4 is 17.7 Å². The lowest BCUT2D eigenvalue weighted by Gasteiger charge is -2.18. The molecule has 0 spiro atoms. The highest BCUT2D eigenvalue weighted by Crippen LogP contribution is 2.31. The highest BCUT2D eigenvalue weighted by Gasteiger charge is 2.50. The minimum atomic E-state index is -4.53. The van der Waals surface area contributed by atoms with Crippen molar-refractivity contribution in [2.24, 2.45) is 0 Å². The molecule has 1 aromatic heterocycles. The highest BCUT2D eigenvalue weighted by atomic mass is 19.4. The lowest BCUT2D eigenvalue weighted by Crippen LogP contribution is -2.44. The molecule has 2 saturated heterocycles. The first-order valence-corrected chi connectivity index (χ1v) is 9.04. The summed E-state index contributed by atoms with van der Waals surface area (Å²) in [5, 5.41) is 5.01. The van der Waals surface area contributed by atoms with Gasteiger partial charge in [0.2, 0.25) is 0 Å². The molecule has 0 radical (unpaired) electrons. The van der Waals surface area contributed by atoms with E-state index in [4.69, 9.17) is 18.6 Å². The van der Waals surface area contributed by atoms with Crippen LogP contribution in [0.5, 0.6) is 0 Å². The van der Waals surface area contributed by atoms with Crippen LogP contribution in [0.15, 0.2) is 47.1 Å². The number of hydrogen-bond donors (Lipinski definition) is 2. The number of carbonyl (C=O) groups is 2. The number of anilines is 1. The van der Waals surface area contributed by atoms with Crippen LogP contribution in [0.25, 0.3) is 0 Å². The summed E-state index contributed by atoms with van der Waals surface area (Å²) in [6.07, 6.45) is -6.00. The number of amides is 2. The number of rotatable bonds is 4. The van der Waals surface area contributed by atoms with E-state index in [1.54, 1.807) is 6.07 Å². The molecular formula is C19H17F3N2O6. The van der Waals surface area contributed by atoms with E-state index in [1.807, 2.05) is 0 Å². The summed E-state index contributed by atoms with van der Waals surface area (Å²) in [6.45, 7) is 0.176. The van der Waals surface area contributed by atoms with E-state index < -0.39 is 48.1 Å². The van der Waals surface area contributed by atoms with Crippen molar-refractivity contribution in [1.82, 2.24) is 5.32 Å². The van der Waals surface area contributed by atoms with Gasteiger partial charge in [-0.05, 0) is 30.3 Å². The van der Waals surface area contributed by atoms with Crippen molar-refractivity contribution in [2.45, 2.75) is 30.5 Å². The fourth-order valence-corrected chi connectivity index (χ4v) is 3.39. The Morgan fingerprint density at radius 1 is 1.07 bits per heavy atom. The van der Waals surface area contributed by atoms with Crippen molar-refractivity contribution in [2.75, 3.05) is 18.5 Å². The van der Waals surface area contributed by atoms with Crippen molar-refractivity contribution in [3.05, 3.63) is 54.0 Å². The molecule has 0 saturated carbocycles. The van der Waals surface area contributed by atoms with Crippen LogP contribution in [0, 0.1) is 0 Å². The molecule has 1 aromatic carbocycles. The van der Waals surface area contributed by atoms with Crippen LogP contribution in [0.4, 0.5) is 23.7 Å². The minimum Gasteiger partial charge on any atom is -0.459 e. The first-order chi connectivity index (χ1) is 14.3. The molecule has 8 nitrogen and oxygen atoms in total. The van der Waals surface area contributed by atoms with Gasteiger partial charge in [-0.25, -0.2) is 4.79 Å². The second-order valence-electron chi connectivity index (χ2n) is 6.80. The molecule has 2 fully saturated rings. The van der Waals surface area contributed by atoms with E-state index in [-0.39, 0.29) is 24.7 Å². The third-order valence-corrected chi connectivity index (χ3v) is 4.76. The van der Waals surface area contributed by atoms with Crippen LogP contribution < -0.4 is 10.6 Å². The number of fused-ring (bicyclic) bond motifs is 1. The van der Waals surface area contributed by atoms with Crippen molar-refractivity contribution in [3.8, 4) is 0 Å². The van der Waals surface area contributed by atoms with Gasteiger partial charge in [-0.2, -0.15) is 13.2 Å². The van der Waals surface area contributed by atoms with Gasteiger partial charge in [0.1, 0.15) is 12.2 Å². The fraction of sp³-hybridized carbons (Fsp3) is 0.368. The van der Waals surface area contributed by atoms with Crippen LogP contribution in [-0.2, 0) is 20.4 Å². The SMILES string of the molecule is O=C(Nc1cccc(C(F)(F)F)c1)OC1COC2C(NC(=O)c3ccco3)COC12. The molecule has 4 rings (SSSR count). The van der Waals surface area contributed by atoms with Gasteiger partial charge >= 0.3 is 12.3 Å². The number of alkyl halides is 3. The summed E-state index contributed by atoms with van der Waals surface area (Å²) < 4.78 is 59.9. The van der Waals surface area contributed by atoms with Gasteiger partial charge in [0.15, 0.2) is 11.9 Å². The zero-order valence-corrected chi connectivity index (χ0v) is 15.3. The Hall–Kier alpha value is -3.05. The van der Waals surface area contributed by atoms with E-state index >= 15 is 0 Å². The van der Waals surface area contributed by atoms with Crippen LogP contribution in [0.1, 0.15) is 16.1 Å². The molecule has 2 aliphatic rings. The maximum absolute atomic E-state index is 12.8. The Balaban J connectivity index is 1.32. The molecule has 2 N–H and O–H groups in total. The zero-order chi connectivity index (χ0) is 21.3. The van der Waals surface area contributed by atoms with Gasteiger partial charge in [0.25, 0.3) is 5.91 Å². The number of carbonyl (C=O) groups excluding carboxylic acids is 2. The van der Waals surface area contributed by atoms with Gasteiger partial charge in [0.05, 0.1) is 31.1 Å². The number of halogens is 3. The Kier molecular flexibility index (Phi) is 5.39. The van der Waals surface area contributed by atoms with Gasteiger partial charge in [0, 0.05) is 5.69 Å².